The van der Waals surface area contributed by atoms with Crippen molar-refractivity contribution in [2.24, 2.45) is 0 Å². The molecule has 0 amide bonds. The van der Waals surface area contributed by atoms with Crippen LogP contribution >= 0.6 is 0 Å². The second-order valence-corrected chi connectivity index (χ2v) is 5.04. The van der Waals surface area contributed by atoms with E-state index in [9.17, 15) is 20.1 Å². The van der Waals surface area contributed by atoms with Gasteiger partial charge in [-0.2, -0.15) is 4.42 Å². The number of aromatic carboxylic acids is 1. The smallest absolute Gasteiger partial charge is 0.425 e. The summed E-state index contributed by atoms with van der Waals surface area (Å²) in [5.41, 5.74) is 1.25. The van der Waals surface area contributed by atoms with E-state index in [-0.39, 0.29) is 29.1 Å². The number of benzene rings is 2. The highest BCUT2D eigenvalue weighted by Crippen LogP contribution is 2.37. The average molecular weight is 337 g/mol. The average Bonchev–Trinajstić information content (AvgIpc) is 2.48. The van der Waals surface area contributed by atoms with E-state index in [1.807, 2.05) is 25.1 Å². The van der Waals surface area contributed by atoms with Crippen LogP contribution in [-0.2, 0) is 0 Å². The molecule has 7 nitrogen and oxygen atoms in total. The standard InChI is InChI=1S/C15H12N2O5.ClH/c1-17(2)7-3-4-9-11(5-7)22-14-12(16-9)8(15(20)21)6-10(18)13(14)19;/h3-6H,1-2H3,(H2-,16,18,19,20,21);1H. The van der Waals surface area contributed by atoms with E-state index < -0.39 is 17.5 Å². The predicted molar refractivity (Wildman–Crippen MR) is 80.5 cm³/mol. The number of rotatable bonds is 2. The maximum atomic E-state index is 11.3. The zero-order valence-electron chi connectivity index (χ0n) is 12.2. The lowest BCUT2D eigenvalue weighted by Gasteiger charge is -2.10. The number of nitrogens with zero attached hydrogens (tertiary/aromatic N) is 2. The number of hydrogen-bond donors (Lipinski definition) is 3. The zero-order valence-corrected chi connectivity index (χ0v) is 13.0. The molecule has 23 heavy (non-hydrogen) atoms. The first-order valence-corrected chi connectivity index (χ1v) is 6.41. The van der Waals surface area contributed by atoms with E-state index >= 15 is 0 Å². The molecule has 0 saturated carbocycles. The van der Waals surface area contributed by atoms with Gasteiger partial charge in [0, 0.05) is 25.8 Å². The zero-order chi connectivity index (χ0) is 16.0. The topological polar surface area (TPSA) is 105 Å². The van der Waals surface area contributed by atoms with Crippen LogP contribution in [0, 0.1) is 0 Å². The Hall–Kier alpha value is -2.80. The van der Waals surface area contributed by atoms with Crippen LogP contribution in [0.25, 0.3) is 22.2 Å². The largest absolute Gasteiger partial charge is 1.00 e. The fraction of sp³-hybridized carbons (Fsp3) is 0.133. The van der Waals surface area contributed by atoms with E-state index in [4.69, 9.17) is 4.42 Å². The summed E-state index contributed by atoms with van der Waals surface area (Å²) >= 11 is 0. The fourth-order valence-electron chi connectivity index (χ4n) is 2.18. The number of hydrogen-bond acceptors (Lipinski definition) is 5. The molecule has 3 N–H and O–H groups in total. The third kappa shape index (κ3) is 2.66. The van der Waals surface area contributed by atoms with Crippen molar-refractivity contribution < 1.29 is 36.9 Å². The summed E-state index contributed by atoms with van der Waals surface area (Å²) in [4.78, 5) is 17.4. The minimum atomic E-state index is -1.27. The number of phenols is 2. The molecule has 0 aliphatic heterocycles. The van der Waals surface area contributed by atoms with Crippen molar-refractivity contribution in [1.82, 2.24) is 4.98 Å². The molecule has 1 heterocycles. The van der Waals surface area contributed by atoms with Gasteiger partial charge < -0.3 is 32.6 Å². The molecule has 0 unspecified atom stereocenters. The summed E-state index contributed by atoms with van der Waals surface area (Å²) in [5, 5.41) is 28.8. The van der Waals surface area contributed by atoms with E-state index in [1.165, 1.54) is 0 Å². The number of fused-ring (bicyclic) bond motifs is 2. The van der Waals surface area contributed by atoms with E-state index in [0.717, 1.165) is 11.8 Å². The minimum Gasteiger partial charge on any atom is -1.00 e. The van der Waals surface area contributed by atoms with Gasteiger partial charge in [0.25, 0.3) is 5.75 Å². The van der Waals surface area contributed by atoms with Gasteiger partial charge in [-0.05, 0) is 12.1 Å². The number of anilines is 1. The molecule has 3 aromatic rings. The van der Waals surface area contributed by atoms with Crippen molar-refractivity contribution in [2.75, 3.05) is 19.0 Å². The van der Waals surface area contributed by atoms with Crippen LogP contribution in [0.15, 0.2) is 28.7 Å². The first-order chi connectivity index (χ1) is 10.4. The van der Waals surface area contributed by atoms with Crippen LogP contribution in [0.3, 0.4) is 0 Å². The van der Waals surface area contributed by atoms with Crippen molar-refractivity contribution in [1.29, 1.82) is 0 Å². The monoisotopic (exact) mass is 336 g/mol. The van der Waals surface area contributed by atoms with Gasteiger partial charge in [-0.1, -0.05) is 0 Å². The highest BCUT2D eigenvalue weighted by Gasteiger charge is 2.27. The maximum Gasteiger partial charge on any atom is 0.425 e. The van der Waals surface area contributed by atoms with Gasteiger partial charge in [-0.25, -0.2) is 9.78 Å². The summed E-state index contributed by atoms with van der Waals surface area (Å²) in [7, 11) is 3.73. The molecule has 120 valence electrons. The first-order valence-electron chi connectivity index (χ1n) is 6.41. The molecular formula is C15H13ClN2O5. The molecule has 0 fully saturated rings. The molecule has 0 atom stereocenters. The lowest BCUT2D eigenvalue weighted by atomic mass is 10.1. The second kappa shape index (κ2) is 5.77. The van der Waals surface area contributed by atoms with E-state index in [0.29, 0.717) is 11.1 Å². The fourth-order valence-corrected chi connectivity index (χ4v) is 2.18. The Morgan fingerprint density at radius 3 is 2.52 bits per heavy atom. The molecule has 8 heteroatoms. The van der Waals surface area contributed by atoms with Crippen LogP contribution in [0.4, 0.5) is 5.69 Å². The van der Waals surface area contributed by atoms with Crippen LogP contribution in [-0.4, -0.2) is 40.4 Å². The quantitative estimate of drug-likeness (QED) is 0.327. The number of aromatic hydroxyl groups is 2. The van der Waals surface area contributed by atoms with Crippen LogP contribution in [0.5, 0.6) is 11.5 Å². The van der Waals surface area contributed by atoms with Gasteiger partial charge in [-0.3, -0.25) is 0 Å². The Labute approximate surface area is 136 Å². The van der Waals surface area contributed by atoms with Crippen LogP contribution in [0.2, 0.25) is 0 Å². The number of halogens is 1. The molecule has 2 aromatic carbocycles. The Kier molecular flexibility index (Phi) is 4.16. The molecule has 0 aliphatic rings. The van der Waals surface area contributed by atoms with Crippen molar-refractivity contribution in [3.63, 3.8) is 0 Å². The second-order valence-electron chi connectivity index (χ2n) is 5.04. The summed E-state index contributed by atoms with van der Waals surface area (Å²) in [5.74, 6) is -2.38. The van der Waals surface area contributed by atoms with E-state index in [1.54, 1.807) is 12.1 Å². The molecule has 3 rings (SSSR count). The summed E-state index contributed by atoms with van der Waals surface area (Å²) in [6, 6.07) is 6.18. The minimum absolute atomic E-state index is 0. The van der Waals surface area contributed by atoms with Crippen LogP contribution in [0.1, 0.15) is 10.4 Å². The third-order valence-electron chi connectivity index (χ3n) is 3.34. The summed E-state index contributed by atoms with van der Waals surface area (Å²) < 4.78 is 5.58. The maximum absolute atomic E-state index is 11.3. The molecule has 0 radical (unpaired) electrons. The molecule has 0 bridgehead atoms. The van der Waals surface area contributed by atoms with Crippen LogP contribution < -0.4 is 17.3 Å². The molecule has 1 aromatic heterocycles. The number of carboxylic acids is 1. The van der Waals surface area contributed by atoms with Gasteiger partial charge >= 0.3 is 17.1 Å². The van der Waals surface area contributed by atoms with Gasteiger partial charge in [0.05, 0.1) is 11.6 Å². The lowest BCUT2D eigenvalue weighted by molar-refractivity contribution is -0.0000221. The molecule has 0 saturated heterocycles. The summed E-state index contributed by atoms with van der Waals surface area (Å²) in [6.45, 7) is 0. The van der Waals surface area contributed by atoms with Crippen molar-refractivity contribution in [2.45, 2.75) is 0 Å². The number of phenolic OH excluding ortho intramolecular Hbond substituents is 2. The van der Waals surface area contributed by atoms with Crippen molar-refractivity contribution in [3.8, 4) is 11.5 Å². The number of carboxylic acid groups (broad SMARTS) is 1. The SMILES string of the molecule is CN(C)c1ccc2nc3c(C(=O)O)cc(O)c(O)c3[o+]c2c1.[Cl-]. The van der Waals surface area contributed by atoms with E-state index in [2.05, 4.69) is 4.98 Å². The Morgan fingerprint density at radius 2 is 1.91 bits per heavy atom. The number of carbonyl (C=O) groups is 1. The van der Waals surface area contributed by atoms with Gasteiger partial charge in [0.15, 0.2) is 16.8 Å². The molecule has 0 aliphatic carbocycles. The lowest BCUT2D eigenvalue weighted by Crippen LogP contribution is -3.00. The third-order valence-corrected chi connectivity index (χ3v) is 3.34. The van der Waals surface area contributed by atoms with Crippen molar-refractivity contribution in [3.05, 3.63) is 29.8 Å². The van der Waals surface area contributed by atoms with Gasteiger partial charge in [0.1, 0.15) is 0 Å². The normalized spacial score (nSPS) is 10.5. The highest BCUT2D eigenvalue weighted by atomic mass is 35.5. The predicted octanol–water partition coefficient (Wildman–Crippen LogP) is -0.559. The Bertz CT molecular complexity index is 927. The highest BCUT2D eigenvalue weighted by molar-refractivity contribution is 6.04. The Balaban J connectivity index is 0.00000192. The first kappa shape index (κ1) is 16.6. The van der Waals surface area contributed by atoms with Gasteiger partial charge in [0.2, 0.25) is 0 Å². The summed E-state index contributed by atoms with van der Waals surface area (Å²) in [6.07, 6.45) is 0. The Morgan fingerprint density at radius 1 is 1.22 bits per heavy atom. The van der Waals surface area contributed by atoms with Gasteiger partial charge in [-0.15, -0.1) is 0 Å². The molecule has 0 spiro atoms. The van der Waals surface area contributed by atoms with Crippen molar-refractivity contribution >= 4 is 33.9 Å². The number of aromatic nitrogens is 1. The molecular weight excluding hydrogens is 324 g/mol.